The van der Waals surface area contributed by atoms with Crippen molar-refractivity contribution in [3.8, 4) is 11.5 Å². The van der Waals surface area contributed by atoms with Crippen LogP contribution in [0.1, 0.15) is 117 Å². The molecule has 2 nitrogen and oxygen atoms in total. The first kappa shape index (κ1) is 28.4. The summed E-state index contributed by atoms with van der Waals surface area (Å²) < 4.78 is 12.1. The summed E-state index contributed by atoms with van der Waals surface area (Å²) in [6, 6.07) is 17.5. The molecule has 0 aliphatic carbocycles. The highest BCUT2D eigenvalue weighted by Crippen LogP contribution is 2.29. The smallest absolute Gasteiger partial charge is 0.119 e. The van der Waals surface area contributed by atoms with Crippen LogP contribution in [-0.2, 0) is 0 Å². The van der Waals surface area contributed by atoms with Gasteiger partial charge in [0.05, 0.1) is 13.2 Å². The number of hydrogen-bond acceptors (Lipinski definition) is 2. The monoisotopic (exact) mass is 490 g/mol. The number of ether oxygens (including phenoxy) is 2. The first-order valence-electron chi connectivity index (χ1n) is 15.0. The fourth-order valence-corrected chi connectivity index (χ4v) is 4.99. The summed E-state index contributed by atoms with van der Waals surface area (Å²) >= 11 is 0. The van der Waals surface area contributed by atoms with Gasteiger partial charge in [-0.05, 0) is 70.8 Å². The molecule has 198 valence electrons. The van der Waals surface area contributed by atoms with Gasteiger partial charge in [-0.2, -0.15) is 0 Å². The lowest BCUT2D eigenvalue weighted by atomic mass is 10.0. The van der Waals surface area contributed by atoms with Crippen molar-refractivity contribution < 1.29 is 9.47 Å². The second-order valence-electron chi connectivity index (χ2n) is 10.5. The van der Waals surface area contributed by atoms with Gasteiger partial charge in [0.2, 0.25) is 0 Å². The van der Waals surface area contributed by atoms with Gasteiger partial charge >= 0.3 is 0 Å². The van der Waals surface area contributed by atoms with Gasteiger partial charge in [0.1, 0.15) is 11.5 Å². The van der Waals surface area contributed by atoms with Gasteiger partial charge in [-0.1, -0.05) is 116 Å². The van der Waals surface area contributed by atoms with Crippen LogP contribution in [0.3, 0.4) is 0 Å². The SMILES string of the molecule is CCCCCCCCCCOc1ccc2cc3cc(OCCCCCCCCCC)ccc3cc2c1. The molecule has 3 aromatic rings. The molecule has 36 heavy (non-hydrogen) atoms. The minimum atomic E-state index is 0.813. The highest BCUT2D eigenvalue weighted by molar-refractivity contribution is 5.99. The van der Waals surface area contributed by atoms with Crippen molar-refractivity contribution in [1.82, 2.24) is 0 Å². The maximum absolute atomic E-state index is 6.07. The Bertz CT molecular complexity index is 912. The van der Waals surface area contributed by atoms with Crippen molar-refractivity contribution in [2.75, 3.05) is 13.2 Å². The fraction of sp³-hybridized carbons (Fsp3) is 0.588. The summed E-state index contributed by atoms with van der Waals surface area (Å²) in [7, 11) is 0. The molecule has 3 aromatic carbocycles. The van der Waals surface area contributed by atoms with Gasteiger partial charge < -0.3 is 9.47 Å². The molecule has 0 aliphatic rings. The Labute approximate surface area is 220 Å². The molecule has 0 N–H and O–H groups in total. The van der Waals surface area contributed by atoms with Crippen LogP contribution in [0.15, 0.2) is 48.5 Å². The highest BCUT2D eigenvalue weighted by Gasteiger charge is 2.04. The van der Waals surface area contributed by atoms with E-state index in [4.69, 9.17) is 9.47 Å². The Kier molecular flexibility index (Phi) is 13.6. The molecule has 2 heteroatoms. The van der Waals surface area contributed by atoms with E-state index in [2.05, 4.69) is 62.4 Å². The van der Waals surface area contributed by atoms with Crippen molar-refractivity contribution in [1.29, 1.82) is 0 Å². The molecule has 0 bridgehead atoms. The quantitative estimate of drug-likeness (QED) is 0.116. The summed E-state index contributed by atoms with van der Waals surface area (Å²) in [5, 5.41) is 4.98. The minimum Gasteiger partial charge on any atom is -0.494 e. The summed E-state index contributed by atoms with van der Waals surface area (Å²) in [5.74, 6) is 1.96. The van der Waals surface area contributed by atoms with Gasteiger partial charge in [-0.15, -0.1) is 0 Å². The summed E-state index contributed by atoms with van der Waals surface area (Å²) in [6.45, 7) is 6.18. The molecule has 0 unspecified atom stereocenters. The first-order valence-corrected chi connectivity index (χ1v) is 15.0. The van der Waals surface area contributed by atoms with E-state index in [1.807, 2.05) is 0 Å². The van der Waals surface area contributed by atoms with Crippen molar-refractivity contribution in [3.63, 3.8) is 0 Å². The third kappa shape index (κ3) is 10.4. The third-order valence-electron chi connectivity index (χ3n) is 7.27. The van der Waals surface area contributed by atoms with Crippen LogP contribution in [0.2, 0.25) is 0 Å². The lowest BCUT2D eigenvalue weighted by Crippen LogP contribution is -1.97. The van der Waals surface area contributed by atoms with Crippen LogP contribution in [-0.4, -0.2) is 13.2 Å². The van der Waals surface area contributed by atoms with Crippen LogP contribution in [0, 0.1) is 0 Å². The van der Waals surface area contributed by atoms with E-state index in [0.29, 0.717) is 0 Å². The topological polar surface area (TPSA) is 18.5 Å². The van der Waals surface area contributed by atoms with E-state index >= 15 is 0 Å². The van der Waals surface area contributed by atoms with Crippen LogP contribution in [0.5, 0.6) is 11.5 Å². The Morgan fingerprint density at radius 2 is 0.750 bits per heavy atom. The van der Waals surface area contributed by atoms with Crippen LogP contribution in [0.25, 0.3) is 21.5 Å². The average Bonchev–Trinajstić information content (AvgIpc) is 2.90. The van der Waals surface area contributed by atoms with E-state index in [-0.39, 0.29) is 0 Å². The maximum atomic E-state index is 6.07. The zero-order valence-corrected chi connectivity index (χ0v) is 23.2. The van der Waals surface area contributed by atoms with Crippen molar-refractivity contribution in [2.24, 2.45) is 0 Å². The van der Waals surface area contributed by atoms with E-state index in [0.717, 1.165) is 37.6 Å². The van der Waals surface area contributed by atoms with Crippen LogP contribution >= 0.6 is 0 Å². The Balaban J connectivity index is 1.40. The van der Waals surface area contributed by atoms with Gasteiger partial charge in [0, 0.05) is 0 Å². The normalized spacial score (nSPS) is 11.4. The first-order chi connectivity index (χ1) is 17.8. The molecule has 3 rings (SSSR count). The fourth-order valence-electron chi connectivity index (χ4n) is 4.99. The predicted octanol–water partition coefficient (Wildman–Crippen LogP) is 11.0. The van der Waals surface area contributed by atoms with Gasteiger partial charge in [-0.3, -0.25) is 0 Å². The lowest BCUT2D eigenvalue weighted by Gasteiger charge is -2.10. The second-order valence-corrected chi connectivity index (χ2v) is 10.5. The molecule has 0 saturated heterocycles. The molecular formula is C34H50O2. The van der Waals surface area contributed by atoms with E-state index in [1.165, 1.54) is 111 Å². The molecule has 0 fully saturated rings. The molecular weight excluding hydrogens is 440 g/mol. The van der Waals surface area contributed by atoms with Crippen LogP contribution < -0.4 is 9.47 Å². The standard InChI is InChI=1S/C34H50O2/c1-3-5-7-9-11-13-15-17-23-35-33-21-19-29-26-32-28-34(22-20-30(32)25-31(29)27-33)36-24-18-16-14-12-10-8-6-4-2/h19-22,25-28H,3-18,23-24H2,1-2H3. The number of unbranched alkanes of at least 4 members (excludes halogenated alkanes) is 14. The van der Waals surface area contributed by atoms with Gasteiger partial charge in [0.25, 0.3) is 0 Å². The Morgan fingerprint density at radius 1 is 0.389 bits per heavy atom. The minimum absolute atomic E-state index is 0.813. The van der Waals surface area contributed by atoms with E-state index < -0.39 is 0 Å². The second kappa shape index (κ2) is 17.3. The molecule has 0 aliphatic heterocycles. The predicted molar refractivity (Wildman–Crippen MR) is 158 cm³/mol. The van der Waals surface area contributed by atoms with Crippen molar-refractivity contribution in [2.45, 2.75) is 117 Å². The third-order valence-corrected chi connectivity index (χ3v) is 7.27. The summed E-state index contributed by atoms with van der Waals surface area (Å²) in [5.41, 5.74) is 0. The van der Waals surface area contributed by atoms with Gasteiger partial charge in [0.15, 0.2) is 0 Å². The molecule has 0 aromatic heterocycles. The highest BCUT2D eigenvalue weighted by atomic mass is 16.5. The number of benzene rings is 3. The molecule has 0 amide bonds. The molecule has 0 spiro atoms. The summed E-state index contributed by atoms with van der Waals surface area (Å²) in [4.78, 5) is 0. The summed E-state index contributed by atoms with van der Waals surface area (Å²) in [6.07, 6.45) is 21.2. The molecule has 0 radical (unpaired) electrons. The number of fused-ring (bicyclic) bond motifs is 2. The Morgan fingerprint density at radius 3 is 1.14 bits per heavy atom. The average molecular weight is 491 g/mol. The van der Waals surface area contributed by atoms with E-state index in [1.54, 1.807) is 0 Å². The maximum Gasteiger partial charge on any atom is 0.119 e. The van der Waals surface area contributed by atoms with Crippen LogP contribution in [0.4, 0.5) is 0 Å². The largest absolute Gasteiger partial charge is 0.494 e. The Hall–Kier alpha value is -2.22. The zero-order chi connectivity index (χ0) is 25.3. The molecule has 0 heterocycles. The van der Waals surface area contributed by atoms with Crippen molar-refractivity contribution in [3.05, 3.63) is 48.5 Å². The zero-order valence-electron chi connectivity index (χ0n) is 23.2. The lowest BCUT2D eigenvalue weighted by molar-refractivity contribution is 0.304. The molecule has 0 saturated carbocycles. The van der Waals surface area contributed by atoms with Crippen molar-refractivity contribution >= 4 is 21.5 Å². The number of rotatable bonds is 20. The van der Waals surface area contributed by atoms with Gasteiger partial charge in [-0.25, -0.2) is 0 Å². The molecule has 0 atom stereocenters. The number of hydrogen-bond donors (Lipinski definition) is 0. The van der Waals surface area contributed by atoms with E-state index in [9.17, 15) is 0 Å².